The summed E-state index contributed by atoms with van der Waals surface area (Å²) in [5.74, 6) is 1.51. The number of anilines is 2. The molecule has 8 nitrogen and oxygen atoms in total. The topological polar surface area (TPSA) is 89.8 Å². The van der Waals surface area contributed by atoms with E-state index in [1.165, 1.54) is 0 Å². The summed E-state index contributed by atoms with van der Waals surface area (Å²) in [6.07, 6.45) is 4.47. The predicted octanol–water partition coefficient (Wildman–Crippen LogP) is 0.937. The molecule has 0 radical (unpaired) electrons. The Bertz CT molecular complexity index is 515. The number of nitrogens with zero attached hydrogens (tertiary/aromatic N) is 5. The summed E-state index contributed by atoms with van der Waals surface area (Å²) in [4.78, 5) is 13.0. The van der Waals surface area contributed by atoms with Crippen LogP contribution in [0.3, 0.4) is 0 Å². The van der Waals surface area contributed by atoms with Crippen molar-refractivity contribution in [3.63, 3.8) is 0 Å². The highest BCUT2D eigenvalue weighted by atomic mass is 16.5. The molecule has 0 aliphatic heterocycles. The van der Waals surface area contributed by atoms with Crippen molar-refractivity contribution in [3.05, 3.63) is 18.5 Å². The number of rotatable bonds is 8. The van der Waals surface area contributed by atoms with Crippen LogP contribution in [0.2, 0.25) is 0 Å². The summed E-state index contributed by atoms with van der Waals surface area (Å²) in [6.45, 7) is 4.10. The Labute approximate surface area is 117 Å². The fraction of sp³-hybridized carbons (Fsp3) is 0.500. The van der Waals surface area contributed by atoms with E-state index < -0.39 is 0 Å². The van der Waals surface area contributed by atoms with E-state index >= 15 is 0 Å². The van der Waals surface area contributed by atoms with Gasteiger partial charge < -0.3 is 15.4 Å². The molecule has 0 aromatic carbocycles. The van der Waals surface area contributed by atoms with Crippen LogP contribution in [0.4, 0.5) is 11.9 Å². The first-order valence-electron chi connectivity index (χ1n) is 6.56. The first-order chi connectivity index (χ1) is 9.83. The van der Waals surface area contributed by atoms with Crippen LogP contribution in [0.5, 0.6) is 0 Å². The van der Waals surface area contributed by atoms with Gasteiger partial charge in [-0.2, -0.15) is 20.1 Å². The van der Waals surface area contributed by atoms with Gasteiger partial charge in [0.15, 0.2) is 0 Å². The van der Waals surface area contributed by atoms with Crippen LogP contribution < -0.4 is 10.6 Å². The molecular weight excluding hydrogens is 258 g/mol. The summed E-state index contributed by atoms with van der Waals surface area (Å²) < 4.78 is 6.59. The van der Waals surface area contributed by atoms with Crippen molar-refractivity contribution in [1.29, 1.82) is 0 Å². The molecule has 2 N–H and O–H groups in total. The second-order valence-electron chi connectivity index (χ2n) is 4.08. The zero-order chi connectivity index (χ0) is 14.2. The number of hydrogen-bond donors (Lipinski definition) is 2. The van der Waals surface area contributed by atoms with E-state index in [0.717, 1.165) is 13.0 Å². The van der Waals surface area contributed by atoms with Crippen LogP contribution in [-0.2, 0) is 4.74 Å². The lowest BCUT2D eigenvalue weighted by molar-refractivity contribution is 0.210. The predicted molar refractivity (Wildman–Crippen MR) is 76.1 cm³/mol. The average molecular weight is 277 g/mol. The number of methoxy groups -OCH3 is 1. The maximum atomic E-state index is 4.99. The van der Waals surface area contributed by atoms with Gasteiger partial charge in [0.2, 0.25) is 11.9 Å². The van der Waals surface area contributed by atoms with E-state index in [4.69, 9.17) is 4.74 Å². The normalized spacial score (nSPS) is 10.5. The Morgan fingerprint density at radius 3 is 2.50 bits per heavy atom. The first kappa shape index (κ1) is 14.2. The highest BCUT2D eigenvalue weighted by Crippen LogP contribution is 2.08. The SMILES string of the molecule is CCCNc1nc(NCCOC)nc(-n2cccn2)n1. The zero-order valence-corrected chi connectivity index (χ0v) is 11.7. The maximum Gasteiger partial charge on any atom is 0.257 e. The Morgan fingerprint density at radius 1 is 1.15 bits per heavy atom. The molecule has 2 rings (SSSR count). The molecule has 8 heteroatoms. The minimum absolute atomic E-state index is 0.475. The monoisotopic (exact) mass is 277 g/mol. The van der Waals surface area contributed by atoms with E-state index in [1.807, 2.05) is 6.07 Å². The van der Waals surface area contributed by atoms with Gasteiger partial charge >= 0.3 is 0 Å². The molecule has 0 saturated carbocycles. The lowest BCUT2D eigenvalue weighted by Crippen LogP contribution is -2.15. The summed E-state index contributed by atoms with van der Waals surface area (Å²) >= 11 is 0. The highest BCUT2D eigenvalue weighted by Gasteiger charge is 2.07. The third-order valence-corrected chi connectivity index (χ3v) is 2.46. The molecule has 0 bridgehead atoms. The van der Waals surface area contributed by atoms with Crippen molar-refractivity contribution in [2.24, 2.45) is 0 Å². The lowest BCUT2D eigenvalue weighted by atomic mass is 10.5. The van der Waals surface area contributed by atoms with Gasteiger partial charge in [-0.15, -0.1) is 0 Å². The minimum atomic E-state index is 0.475. The minimum Gasteiger partial charge on any atom is -0.383 e. The van der Waals surface area contributed by atoms with Gasteiger partial charge in [-0.1, -0.05) is 6.92 Å². The van der Waals surface area contributed by atoms with Crippen LogP contribution in [-0.4, -0.2) is 51.5 Å². The number of hydrogen-bond acceptors (Lipinski definition) is 7. The molecule has 2 heterocycles. The zero-order valence-electron chi connectivity index (χ0n) is 11.7. The van der Waals surface area contributed by atoms with Gasteiger partial charge in [-0.05, 0) is 12.5 Å². The molecule has 0 fully saturated rings. The van der Waals surface area contributed by atoms with E-state index in [-0.39, 0.29) is 0 Å². The van der Waals surface area contributed by atoms with Crippen molar-refractivity contribution in [1.82, 2.24) is 24.7 Å². The summed E-state index contributed by atoms with van der Waals surface area (Å²) in [5.41, 5.74) is 0. The maximum absolute atomic E-state index is 4.99. The van der Waals surface area contributed by atoms with Crippen LogP contribution >= 0.6 is 0 Å². The van der Waals surface area contributed by atoms with Gasteiger partial charge in [0.05, 0.1) is 6.61 Å². The third-order valence-electron chi connectivity index (χ3n) is 2.46. The fourth-order valence-electron chi connectivity index (χ4n) is 1.51. The van der Waals surface area contributed by atoms with Gasteiger partial charge in [-0.3, -0.25) is 0 Å². The van der Waals surface area contributed by atoms with Crippen molar-refractivity contribution in [2.75, 3.05) is 37.4 Å². The summed E-state index contributed by atoms with van der Waals surface area (Å²) in [6, 6.07) is 1.82. The molecule has 0 saturated heterocycles. The smallest absolute Gasteiger partial charge is 0.257 e. The second-order valence-corrected chi connectivity index (χ2v) is 4.08. The molecule has 0 aliphatic rings. The molecule has 0 amide bonds. The molecule has 0 unspecified atom stereocenters. The molecule has 2 aromatic heterocycles. The Morgan fingerprint density at radius 2 is 1.90 bits per heavy atom. The average Bonchev–Trinajstić information content (AvgIpc) is 2.99. The number of aromatic nitrogens is 5. The highest BCUT2D eigenvalue weighted by molar-refractivity contribution is 5.37. The van der Waals surface area contributed by atoms with E-state index in [0.29, 0.717) is 31.0 Å². The molecule has 0 atom stereocenters. The van der Waals surface area contributed by atoms with Crippen molar-refractivity contribution >= 4 is 11.9 Å². The largest absolute Gasteiger partial charge is 0.383 e. The lowest BCUT2D eigenvalue weighted by Gasteiger charge is -2.09. The van der Waals surface area contributed by atoms with E-state index in [1.54, 1.807) is 24.2 Å². The van der Waals surface area contributed by atoms with Crippen molar-refractivity contribution in [2.45, 2.75) is 13.3 Å². The van der Waals surface area contributed by atoms with Gasteiger partial charge in [0.1, 0.15) is 0 Å². The third kappa shape index (κ3) is 3.89. The molecule has 0 spiro atoms. The molecular formula is C12H19N7O. The van der Waals surface area contributed by atoms with Crippen LogP contribution in [0, 0.1) is 0 Å². The van der Waals surface area contributed by atoms with E-state index in [9.17, 15) is 0 Å². The summed E-state index contributed by atoms with van der Waals surface area (Å²) in [7, 11) is 1.65. The number of ether oxygens (including phenoxy) is 1. The van der Waals surface area contributed by atoms with Gasteiger partial charge in [-0.25, -0.2) is 4.68 Å². The Kier molecular flexibility index (Phi) is 5.24. The van der Waals surface area contributed by atoms with Gasteiger partial charge in [0.25, 0.3) is 5.95 Å². The second kappa shape index (κ2) is 7.39. The van der Waals surface area contributed by atoms with Crippen LogP contribution in [0.25, 0.3) is 5.95 Å². The standard InChI is InChI=1S/C12H19N7O/c1-3-5-13-10-16-11(14-7-9-20-2)18-12(17-10)19-8-4-6-15-19/h4,6,8H,3,5,7,9H2,1-2H3,(H2,13,14,16,17,18). The molecule has 108 valence electrons. The first-order valence-corrected chi connectivity index (χ1v) is 6.56. The molecule has 0 aliphatic carbocycles. The van der Waals surface area contributed by atoms with Crippen molar-refractivity contribution < 1.29 is 4.74 Å². The molecule has 20 heavy (non-hydrogen) atoms. The Balaban J connectivity index is 2.19. The van der Waals surface area contributed by atoms with Crippen LogP contribution in [0.1, 0.15) is 13.3 Å². The van der Waals surface area contributed by atoms with Gasteiger partial charge in [0, 0.05) is 32.6 Å². The summed E-state index contributed by atoms with van der Waals surface area (Å²) in [5, 5.41) is 10.4. The van der Waals surface area contributed by atoms with E-state index in [2.05, 4.69) is 37.6 Å². The fourth-order valence-corrected chi connectivity index (χ4v) is 1.51. The quantitative estimate of drug-likeness (QED) is 0.694. The van der Waals surface area contributed by atoms with Crippen molar-refractivity contribution in [3.8, 4) is 5.95 Å². The Hall–Kier alpha value is -2.22. The number of nitrogens with one attached hydrogen (secondary N) is 2. The van der Waals surface area contributed by atoms with Crippen LogP contribution in [0.15, 0.2) is 18.5 Å². The molecule has 2 aromatic rings.